The van der Waals surface area contributed by atoms with Crippen molar-refractivity contribution in [3.05, 3.63) is 35.9 Å². The zero-order chi connectivity index (χ0) is 12.1. The van der Waals surface area contributed by atoms with E-state index < -0.39 is 6.29 Å². The van der Waals surface area contributed by atoms with Crippen LogP contribution in [-0.2, 0) is 9.47 Å². The second-order valence-electron chi connectivity index (χ2n) is 4.26. The predicted octanol–water partition coefficient (Wildman–Crippen LogP) is 0.602. The standard InChI is InChI=1S/C13H17O4/c14-11-6-7-12(16-8-11)9-17-13(15)10-4-2-1-3-5-10/h1-5,11-14H,6-9H2/q-1/t11-,12+,13?/m1/s1. The molecule has 0 radical (unpaired) electrons. The summed E-state index contributed by atoms with van der Waals surface area (Å²) in [5, 5.41) is 21.0. The third-order valence-electron chi connectivity index (χ3n) is 2.85. The lowest BCUT2D eigenvalue weighted by molar-refractivity contribution is -0.501. The number of aliphatic hydroxyl groups excluding tert-OH is 1. The molecule has 94 valence electrons. The summed E-state index contributed by atoms with van der Waals surface area (Å²) in [4.78, 5) is 0. The maximum atomic E-state index is 11.7. The molecule has 17 heavy (non-hydrogen) atoms. The summed E-state index contributed by atoms with van der Waals surface area (Å²) in [6.07, 6.45) is -0.153. The van der Waals surface area contributed by atoms with Crippen LogP contribution in [0.3, 0.4) is 0 Å². The van der Waals surface area contributed by atoms with Crippen LogP contribution in [0, 0.1) is 0 Å². The Hall–Kier alpha value is -0.940. The van der Waals surface area contributed by atoms with Gasteiger partial charge in [-0.2, -0.15) is 0 Å². The number of rotatable bonds is 4. The fraction of sp³-hybridized carbons (Fsp3) is 0.538. The van der Waals surface area contributed by atoms with Crippen molar-refractivity contribution >= 4 is 0 Å². The van der Waals surface area contributed by atoms with Crippen LogP contribution < -0.4 is 5.11 Å². The van der Waals surface area contributed by atoms with Crippen molar-refractivity contribution in [1.29, 1.82) is 0 Å². The van der Waals surface area contributed by atoms with Crippen molar-refractivity contribution < 1.29 is 19.7 Å². The molecule has 4 heteroatoms. The Balaban J connectivity index is 1.75. The van der Waals surface area contributed by atoms with E-state index in [-0.39, 0.29) is 18.8 Å². The number of hydrogen-bond donors (Lipinski definition) is 1. The highest BCUT2D eigenvalue weighted by Gasteiger charge is 2.20. The Morgan fingerprint density at radius 2 is 2.12 bits per heavy atom. The van der Waals surface area contributed by atoms with Crippen LogP contribution in [0.4, 0.5) is 0 Å². The van der Waals surface area contributed by atoms with Gasteiger partial charge in [-0.15, -0.1) is 0 Å². The Morgan fingerprint density at radius 3 is 2.76 bits per heavy atom. The van der Waals surface area contributed by atoms with Crippen molar-refractivity contribution in [3.8, 4) is 0 Å². The van der Waals surface area contributed by atoms with Crippen molar-refractivity contribution in [2.75, 3.05) is 13.2 Å². The average molecular weight is 237 g/mol. The smallest absolute Gasteiger partial charge is 0.0810 e. The largest absolute Gasteiger partial charge is 0.828 e. The fourth-order valence-corrected chi connectivity index (χ4v) is 1.82. The summed E-state index contributed by atoms with van der Waals surface area (Å²) in [7, 11) is 0. The normalized spacial score (nSPS) is 26.7. The minimum atomic E-state index is -1.16. The summed E-state index contributed by atoms with van der Waals surface area (Å²) >= 11 is 0. The number of benzene rings is 1. The first-order chi connectivity index (χ1) is 8.25. The minimum absolute atomic E-state index is 0.0708. The molecule has 1 saturated heterocycles. The third-order valence-corrected chi connectivity index (χ3v) is 2.85. The van der Waals surface area contributed by atoms with Crippen LogP contribution >= 0.6 is 0 Å². The average Bonchev–Trinajstić information content (AvgIpc) is 2.39. The fourth-order valence-electron chi connectivity index (χ4n) is 1.82. The summed E-state index contributed by atoms with van der Waals surface area (Å²) in [5.41, 5.74) is 0.628. The van der Waals surface area contributed by atoms with Crippen LogP contribution in [0.1, 0.15) is 24.7 Å². The van der Waals surface area contributed by atoms with Crippen LogP contribution in [0.2, 0.25) is 0 Å². The highest BCUT2D eigenvalue weighted by Crippen LogP contribution is 2.16. The monoisotopic (exact) mass is 237 g/mol. The first-order valence-electron chi connectivity index (χ1n) is 5.88. The molecule has 0 aromatic heterocycles. The molecule has 1 unspecified atom stereocenters. The van der Waals surface area contributed by atoms with Gasteiger partial charge in [-0.3, -0.25) is 0 Å². The molecule has 0 spiro atoms. The van der Waals surface area contributed by atoms with Gasteiger partial charge in [0.1, 0.15) is 0 Å². The first-order valence-corrected chi connectivity index (χ1v) is 5.88. The van der Waals surface area contributed by atoms with E-state index in [1.54, 1.807) is 12.1 Å². The van der Waals surface area contributed by atoms with E-state index in [2.05, 4.69) is 0 Å². The summed E-state index contributed by atoms with van der Waals surface area (Å²) in [5.74, 6) is 0. The number of ether oxygens (including phenoxy) is 2. The van der Waals surface area contributed by atoms with Gasteiger partial charge in [-0.05, 0) is 18.4 Å². The number of hydrogen-bond acceptors (Lipinski definition) is 4. The second kappa shape index (κ2) is 6.12. The van der Waals surface area contributed by atoms with Gasteiger partial charge in [0, 0.05) is 6.29 Å². The van der Waals surface area contributed by atoms with Gasteiger partial charge in [0.05, 0.1) is 25.4 Å². The van der Waals surface area contributed by atoms with E-state index in [0.717, 1.165) is 6.42 Å². The van der Waals surface area contributed by atoms with Gasteiger partial charge >= 0.3 is 0 Å². The predicted molar refractivity (Wildman–Crippen MR) is 60.1 cm³/mol. The maximum absolute atomic E-state index is 11.7. The lowest BCUT2D eigenvalue weighted by Crippen LogP contribution is -2.33. The third kappa shape index (κ3) is 3.78. The Kier molecular flexibility index (Phi) is 4.50. The maximum Gasteiger partial charge on any atom is 0.0810 e. The highest BCUT2D eigenvalue weighted by molar-refractivity contribution is 5.15. The molecule has 1 N–H and O–H groups in total. The molecule has 1 heterocycles. The van der Waals surface area contributed by atoms with Crippen LogP contribution in [-0.4, -0.2) is 30.5 Å². The molecule has 4 nitrogen and oxygen atoms in total. The molecular formula is C13H17O4-. The summed E-state index contributed by atoms with van der Waals surface area (Å²) < 4.78 is 10.6. The zero-order valence-corrected chi connectivity index (χ0v) is 9.62. The van der Waals surface area contributed by atoms with Crippen molar-refractivity contribution in [2.24, 2.45) is 0 Å². The summed E-state index contributed by atoms with van der Waals surface area (Å²) in [6, 6.07) is 9.00. The highest BCUT2D eigenvalue weighted by atomic mass is 16.6. The molecule has 3 atom stereocenters. The van der Waals surface area contributed by atoms with Crippen molar-refractivity contribution in [2.45, 2.75) is 31.3 Å². The molecular weight excluding hydrogens is 220 g/mol. The van der Waals surface area contributed by atoms with Crippen molar-refractivity contribution in [1.82, 2.24) is 0 Å². The Morgan fingerprint density at radius 1 is 1.35 bits per heavy atom. The minimum Gasteiger partial charge on any atom is -0.828 e. The van der Waals surface area contributed by atoms with Crippen molar-refractivity contribution in [3.63, 3.8) is 0 Å². The lowest BCUT2D eigenvalue weighted by atomic mass is 10.1. The van der Waals surface area contributed by atoms with Gasteiger partial charge in [-0.25, -0.2) is 0 Å². The molecule has 1 fully saturated rings. The molecule has 1 aromatic carbocycles. The molecule has 0 aliphatic carbocycles. The molecule has 0 saturated carbocycles. The van der Waals surface area contributed by atoms with E-state index in [1.807, 2.05) is 18.2 Å². The molecule has 2 rings (SSSR count). The van der Waals surface area contributed by atoms with Crippen LogP contribution in [0.25, 0.3) is 0 Å². The molecule has 1 aliphatic heterocycles. The van der Waals surface area contributed by atoms with E-state index in [9.17, 15) is 10.2 Å². The molecule has 0 bridgehead atoms. The van der Waals surface area contributed by atoms with E-state index >= 15 is 0 Å². The van der Waals surface area contributed by atoms with Gasteiger partial charge in [0.25, 0.3) is 0 Å². The van der Waals surface area contributed by atoms with Gasteiger partial charge in [-0.1, -0.05) is 30.3 Å². The molecule has 1 aliphatic rings. The Labute approximate surface area is 101 Å². The van der Waals surface area contributed by atoms with E-state index in [1.165, 1.54) is 0 Å². The van der Waals surface area contributed by atoms with E-state index in [0.29, 0.717) is 18.6 Å². The SMILES string of the molecule is [O-]C(OC[C@@H]1CC[C@@H](O)CO1)c1ccccc1. The second-order valence-corrected chi connectivity index (χ2v) is 4.26. The topological polar surface area (TPSA) is 61.8 Å². The quantitative estimate of drug-likeness (QED) is 0.779. The van der Waals surface area contributed by atoms with Gasteiger partial charge in [0.2, 0.25) is 0 Å². The van der Waals surface area contributed by atoms with E-state index in [4.69, 9.17) is 9.47 Å². The molecule has 1 aromatic rings. The Bertz CT molecular complexity index is 319. The zero-order valence-electron chi connectivity index (χ0n) is 9.62. The number of aliphatic hydroxyl groups is 1. The first kappa shape index (κ1) is 12.5. The van der Waals surface area contributed by atoms with Gasteiger partial charge < -0.3 is 19.7 Å². The van der Waals surface area contributed by atoms with Crippen LogP contribution in [0.15, 0.2) is 30.3 Å². The molecule has 0 amide bonds. The lowest BCUT2D eigenvalue weighted by Gasteiger charge is -2.30. The van der Waals surface area contributed by atoms with Crippen LogP contribution in [0.5, 0.6) is 0 Å². The summed E-state index contributed by atoms with van der Waals surface area (Å²) in [6.45, 7) is 0.624. The van der Waals surface area contributed by atoms with Gasteiger partial charge in [0.15, 0.2) is 0 Å².